The number of halogens is 1. The maximum absolute atomic E-state index is 11.6. The molecule has 4 saturated carbocycles. The molecule has 6 rings (SSSR count). The number of anilines is 1. The number of hydrogen-bond donors (Lipinski definition) is 2. The van der Waals surface area contributed by atoms with Gasteiger partial charge in [-0.05, 0) is 98.4 Å². The lowest BCUT2D eigenvalue weighted by atomic mass is 9.48. The minimum Gasteiger partial charge on any atom is -0.508 e. The molecule has 31 heavy (non-hydrogen) atoms. The van der Waals surface area contributed by atoms with Gasteiger partial charge in [-0.1, -0.05) is 23.7 Å². The first-order chi connectivity index (χ1) is 15.0. The van der Waals surface area contributed by atoms with E-state index in [1.165, 1.54) is 38.5 Å². The number of rotatable bonds is 6. The molecule has 4 nitrogen and oxygen atoms in total. The van der Waals surface area contributed by atoms with Crippen molar-refractivity contribution in [2.75, 3.05) is 18.5 Å². The summed E-state index contributed by atoms with van der Waals surface area (Å²) in [7, 11) is 0. The summed E-state index contributed by atoms with van der Waals surface area (Å²) in [4.78, 5) is 11.6. The van der Waals surface area contributed by atoms with E-state index in [0.717, 1.165) is 40.1 Å². The van der Waals surface area contributed by atoms with E-state index in [1.54, 1.807) is 6.92 Å². The van der Waals surface area contributed by atoms with Gasteiger partial charge in [0.05, 0.1) is 11.6 Å². The number of phenols is 1. The molecule has 0 amide bonds. The highest BCUT2D eigenvalue weighted by Crippen LogP contribution is 2.62. The molecule has 0 saturated heterocycles. The van der Waals surface area contributed by atoms with Crippen LogP contribution in [0.25, 0.3) is 11.1 Å². The molecule has 4 fully saturated rings. The molecule has 0 radical (unpaired) electrons. The van der Waals surface area contributed by atoms with Crippen LogP contribution in [0.1, 0.15) is 51.0 Å². The Morgan fingerprint density at radius 2 is 1.77 bits per heavy atom. The highest BCUT2D eigenvalue weighted by atomic mass is 35.5. The average molecular weight is 440 g/mol. The van der Waals surface area contributed by atoms with Gasteiger partial charge in [-0.2, -0.15) is 0 Å². The van der Waals surface area contributed by atoms with Gasteiger partial charge in [0, 0.05) is 16.8 Å². The monoisotopic (exact) mass is 439 g/mol. The molecule has 4 bridgehead atoms. The lowest BCUT2D eigenvalue weighted by Gasteiger charge is -2.57. The molecular formula is C26H30ClNO3. The first kappa shape index (κ1) is 20.7. The van der Waals surface area contributed by atoms with Crippen molar-refractivity contribution in [3.05, 3.63) is 47.0 Å². The SMILES string of the molecule is CCOC(=O)CNc1ccc(-c2ccc(O)c(C34CC5CC(CC(C5)C3)C4)c2)c(Cl)c1. The van der Waals surface area contributed by atoms with Crippen molar-refractivity contribution in [3.63, 3.8) is 0 Å². The van der Waals surface area contributed by atoms with Crippen LogP contribution < -0.4 is 5.32 Å². The molecule has 4 aliphatic rings. The van der Waals surface area contributed by atoms with E-state index in [-0.39, 0.29) is 17.9 Å². The van der Waals surface area contributed by atoms with Crippen molar-refractivity contribution in [1.82, 2.24) is 0 Å². The Morgan fingerprint density at radius 1 is 1.10 bits per heavy atom. The summed E-state index contributed by atoms with van der Waals surface area (Å²) in [6.07, 6.45) is 7.77. The zero-order chi connectivity index (χ0) is 21.6. The highest BCUT2D eigenvalue weighted by Gasteiger charge is 2.52. The average Bonchev–Trinajstić information content (AvgIpc) is 2.72. The van der Waals surface area contributed by atoms with Crippen molar-refractivity contribution < 1.29 is 14.6 Å². The molecule has 2 aromatic carbocycles. The molecular weight excluding hydrogens is 410 g/mol. The van der Waals surface area contributed by atoms with Crippen LogP contribution in [-0.4, -0.2) is 24.2 Å². The second-order valence-electron chi connectivity index (χ2n) is 9.78. The third-order valence-corrected chi connectivity index (χ3v) is 7.94. The second-order valence-corrected chi connectivity index (χ2v) is 10.2. The standard InChI is InChI=1S/C26H30ClNO3/c1-2-31-25(30)15-28-20-4-5-21(23(27)11-20)19-3-6-24(29)22(10-19)26-12-16-7-17(13-26)9-18(8-16)14-26/h3-6,10-11,16-18,28-29H,2,7-9,12-15H2,1H3. The number of ether oxygens (including phenoxy) is 1. The van der Waals surface area contributed by atoms with E-state index in [4.69, 9.17) is 16.3 Å². The summed E-state index contributed by atoms with van der Waals surface area (Å²) >= 11 is 6.63. The zero-order valence-corrected chi connectivity index (χ0v) is 18.8. The molecule has 0 aromatic heterocycles. The molecule has 4 aliphatic carbocycles. The number of carbonyl (C=O) groups excluding carboxylic acids is 1. The third-order valence-electron chi connectivity index (χ3n) is 7.63. The van der Waals surface area contributed by atoms with E-state index in [0.29, 0.717) is 17.4 Å². The number of carbonyl (C=O) groups is 1. The Bertz CT molecular complexity index is 967. The highest BCUT2D eigenvalue weighted by molar-refractivity contribution is 6.33. The van der Waals surface area contributed by atoms with E-state index < -0.39 is 0 Å². The molecule has 0 heterocycles. The van der Waals surface area contributed by atoms with Crippen LogP contribution in [0.15, 0.2) is 36.4 Å². The Balaban J connectivity index is 1.41. The van der Waals surface area contributed by atoms with Crippen LogP contribution in [0, 0.1) is 17.8 Å². The van der Waals surface area contributed by atoms with Crippen molar-refractivity contribution >= 4 is 23.3 Å². The Hall–Kier alpha value is -2.20. The van der Waals surface area contributed by atoms with E-state index in [1.807, 2.05) is 30.3 Å². The van der Waals surface area contributed by atoms with Gasteiger partial charge in [0.15, 0.2) is 0 Å². The van der Waals surface area contributed by atoms with Crippen LogP contribution in [0.2, 0.25) is 5.02 Å². The van der Waals surface area contributed by atoms with Gasteiger partial charge in [-0.3, -0.25) is 4.79 Å². The van der Waals surface area contributed by atoms with E-state index in [9.17, 15) is 9.90 Å². The van der Waals surface area contributed by atoms with Gasteiger partial charge in [-0.15, -0.1) is 0 Å². The summed E-state index contributed by atoms with van der Waals surface area (Å²) in [6, 6.07) is 11.7. The Kier molecular flexibility index (Phi) is 5.37. The van der Waals surface area contributed by atoms with Crippen molar-refractivity contribution in [1.29, 1.82) is 0 Å². The molecule has 0 aliphatic heterocycles. The summed E-state index contributed by atoms with van der Waals surface area (Å²) in [5, 5.41) is 14.5. The molecule has 2 N–H and O–H groups in total. The first-order valence-corrected chi connectivity index (χ1v) is 11.9. The normalized spacial score (nSPS) is 28.5. The first-order valence-electron chi connectivity index (χ1n) is 11.5. The van der Waals surface area contributed by atoms with Crippen LogP contribution in [0.4, 0.5) is 5.69 Å². The molecule has 0 atom stereocenters. The van der Waals surface area contributed by atoms with Crippen LogP contribution in [0.5, 0.6) is 5.75 Å². The Morgan fingerprint density at radius 3 is 2.39 bits per heavy atom. The Labute approximate surface area is 189 Å². The van der Waals surface area contributed by atoms with Crippen molar-refractivity contribution in [2.24, 2.45) is 17.8 Å². The summed E-state index contributed by atoms with van der Waals surface area (Å²) in [5.74, 6) is 2.60. The summed E-state index contributed by atoms with van der Waals surface area (Å²) in [6.45, 7) is 2.27. The molecule has 0 unspecified atom stereocenters. The fourth-order valence-corrected chi connectivity index (χ4v) is 7.10. The van der Waals surface area contributed by atoms with Gasteiger partial charge >= 0.3 is 5.97 Å². The van der Waals surface area contributed by atoms with Crippen LogP contribution in [0.3, 0.4) is 0 Å². The summed E-state index contributed by atoms with van der Waals surface area (Å²) in [5.41, 5.74) is 3.99. The van der Waals surface area contributed by atoms with Crippen molar-refractivity contribution in [2.45, 2.75) is 50.9 Å². The topological polar surface area (TPSA) is 58.6 Å². The van der Waals surface area contributed by atoms with Gasteiger partial charge in [0.1, 0.15) is 12.3 Å². The fraction of sp³-hybridized carbons (Fsp3) is 0.500. The lowest BCUT2D eigenvalue weighted by Crippen LogP contribution is -2.48. The van der Waals surface area contributed by atoms with Gasteiger partial charge in [0.25, 0.3) is 0 Å². The minimum absolute atomic E-state index is 0.110. The minimum atomic E-state index is -0.290. The smallest absolute Gasteiger partial charge is 0.325 e. The lowest BCUT2D eigenvalue weighted by molar-refractivity contribution is -0.140. The van der Waals surface area contributed by atoms with Crippen LogP contribution in [-0.2, 0) is 14.9 Å². The number of hydrogen-bond acceptors (Lipinski definition) is 4. The second kappa shape index (κ2) is 8.05. The summed E-state index contributed by atoms with van der Waals surface area (Å²) < 4.78 is 4.95. The number of esters is 1. The fourth-order valence-electron chi connectivity index (χ4n) is 6.81. The van der Waals surface area contributed by atoms with Gasteiger partial charge in [-0.25, -0.2) is 0 Å². The largest absolute Gasteiger partial charge is 0.508 e. The number of aromatic hydroxyl groups is 1. The molecule has 0 spiro atoms. The third kappa shape index (κ3) is 3.91. The predicted octanol–water partition coefficient (Wildman–Crippen LogP) is 6.16. The van der Waals surface area contributed by atoms with Crippen molar-refractivity contribution in [3.8, 4) is 16.9 Å². The maximum Gasteiger partial charge on any atom is 0.325 e. The quantitative estimate of drug-likeness (QED) is 0.529. The molecule has 2 aromatic rings. The number of benzene rings is 2. The number of nitrogens with one attached hydrogen (secondary N) is 1. The molecule has 5 heteroatoms. The van der Waals surface area contributed by atoms with Crippen LogP contribution >= 0.6 is 11.6 Å². The van der Waals surface area contributed by atoms with E-state index >= 15 is 0 Å². The van der Waals surface area contributed by atoms with Gasteiger partial charge in [0.2, 0.25) is 0 Å². The predicted molar refractivity (Wildman–Crippen MR) is 124 cm³/mol. The number of phenolic OH excluding ortho intramolecular Hbond substituents is 1. The zero-order valence-electron chi connectivity index (χ0n) is 18.0. The molecule has 164 valence electrons. The maximum atomic E-state index is 11.6. The van der Waals surface area contributed by atoms with E-state index in [2.05, 4.69) is 11.4 Å². The van der Waals surface area contributed by atoms with Gasteiger partial charge < -0.3 is 15.2 Å².